The van der Waals surface area contributed by atoms with Crippen molar-refractivity contribution in [1.29, 1.82) is 0 Å². The lowest BCUT2D eigenvalue weighted by atomic mass is 10.2. The number of carboxylic acids is 1. The zero-order valence-corrected chi connectivity index (χ0v) is 14.2. The number of ether oxygens (including phenoxy) is 1. The molecule has 6 nitrogen and oxygen atoms in total. The van der Waals surface area contributed by atoms with Crippen molar-refractivity contribution < 1.29 is 23.1 Å². The maximum Gasteiger partial charge on any atom is 0.318 e. The van der Waals surface area contributed by atoms with Gasteiger partial charge in [-0.05, 0) is 51.0 Å². The predicted octanol–water partition coefficient (Wildman–Crippen LogP) is 2.27. The predicted molar refractivity (Wildman–Crippen MR) is 83.6 cm³/mol. The molecule has 0 aliphatic carbocycles. The van der Waals surface area contributed by atoms with Crippen LogP contribution in [0.15, 0.2) is 23.1 Å². The summed E-state index contributed by atoms with van der Waals surface area (Å²) in [4.78, 5) is 11.0. The molecule has 0 aliphatic rings. The first-order valence-corrected chi connectivity index (χ1v) is 8.61. The van der Waals surface area contributed by atoms with Crippen LogP contribution in [-0.4, -0.2) is 43.0 Å². The second-order valence-corrected chi connectivity index (χ2v) is 7.26. The summed E-state index contributed by atoms with van der Waals surface area (Å²) in [7, 11) is -3.83. The molecule has 7 heteroatoms. The van der Waals surface area contributed by atoms with E-state index >= 15 is 0 Å². The van der Waals surface area contributed by atoms with Gasteiger partial charge in [0.05, 0.1) is 11.0 Å². The van der Waals surface area contributed by atoms with Gasteiger partial charge >= 0.3 is 5.97 Å². The van der Waals surface area contributed by atoms with Crippen LogP contribution < -0.4 is 4.74 Å². The molecular weight excluding hydrogens is 306 g/mol. The monoisotopic (exact) mass is 329 g/mol. The van der Waals surface area contributed by atoms with Gasteiger partial charge < -0.3 is 9.84 Å². The topological polar surface area (TPSA) is 83.9 Å². The van der Waals surface area contributed by atoms with E-state index in [0.717, 1.165) is 4.31 Å². The molecule has 1 rings (SSSR count). The Morgan fingerprint density at radius 3 is 2.45 bits per heavy atom. The van der Waals surface area contributed by atoms with Gasteiger partial charge in [-0.25, -0.2) is 8.42 Å². The van der Waals surface area contributed by atoms with Gasteiger partial charge in [0.15, 0.2) is 0 Å². The molecule has 0 heterocycles. The second-order valence-electron chi connectivity index (χ2n) is 5.33. The Morgan fingerprint density at radius 1 is 1.36 bits per heavy atom. The number of hydrogen-bond acceptors (Lipinski definition) is 4. The molecule has 1 N–H and O–H groups in total. The van der Waals surface area contributed by atoms with Crippen molar-refractivity contribution >= 4 is 16.0 Å². The van der Waals surface area contributed by atoms with Gasteiger partial charge in [0.25, 0.3) is 0 Å². The maximum absolute atomic E-state index is 12.6. The summed E-state index contributed by atoms with van der Waals surface area (Å²) in [5, 5.41) is 8.89. The van der Waals surface area contributed by atoms with Crippen molar-refractivity contribution in [2.24, 2.45) is 0 Å². The van der Waals surface area contributed by atoms with Crippen LogP contribution in [0.4, 0.5) is 0 Å². The fourth-order valence-electron chi connectivity index (χ4n) is 2.00. The van der Waals surface area contributed by atoms with Crippen molar-refractivity contribution in [3.05, 3.63) is 23.8 Å². The van der Waals surface area contributed by atoms with E-state index in [9.17, 15) is 13.2 Å². The van der Waals surface area contributed by atoms with Gasteiger partial charge in [-0.2, -0.15) is 4.31 Å². The Kier molecular flexibility index (Phi) is 6.37. The summed E-state index contributed by atoms with van der Waals surface area (Å²) in [6, 6.07) is 4.56. The third kappa shape index (κ3) is 4.71. The van der Waals surface area contributed by atoms with Crippen molar-refractivity contribution in [3.8, 4) is 5.75 Å². The zero-order valence-electron chi connectivity index (χ0n) is 13.4. The highest BCUT2D eigenvalue weighted by Crippen LogP contribution is 2.25. The molecule has 0 amide bonds. The highest BCUT2D eigenvalue weighted by atomic mass is 32.2. The Morgan fingerprint density at radius 2 is 2.00 bits per heavy atom. The third-order valence-corrected chi connectivity index (χ3v) is 4.77. The van der Waals surface area contributed by atoms with Crippen LogP contribution in [-0.2, 0) is 14.8 Å². The average Bonchev–Trinajstić information content (AvgIpc) is 2.39. The second kappa shape index (κ2) is 7.60. The highest BCUT2D eigenvalue weighted by molar-refractivity contribution is 7.89. The summed E-state index contributed by atoms with van der Waals surface area (Å²) in [5.41, 5.74) is 0.696. The smallest absolute Gasteiger partial charge is 0.318 e. The first kappa shape index (κ1) is 18.4. The number of hydrogen-bond donors (Lipinski definition) is 1. The van der Waals surface area contributed by atoms with Crippen LogP contribution >= 0.6 is 0 Å². The highest BCUT2D eigenvalue weighted by Gasteiger charge is 2.26. The Bertz CT molecular complexity index is 625. The molecular formula is C15H23NO5S. The molecule has 1 aromatic carbocycles. The Balaban J connectivity index is 3.15. The molecule has 0 radical (unpaired) electrons. The first-order valence-electron chi connectivity index (χ1n) is 7.17. The Labute approximate surface area is 131 Å². The minimum atomic E-state index is -3.83. The van der Waals surface area contributed by atoms with Crippen LogP contribution in [0.5, 0.6) is 5.75 Å². The van der Waals surface area contributed by atoms with E-state index in [-0.39, 0.29) is 17.5 Å². The van der Waals surface area contributed by atoms with E-state index < -0.39 is 22.5 Å². The fourth-order valence-corrected chi connectivity index (χ4v) is 3.57. The van der Waals surface area contributed by atoms with Gasteiger partial charge in [-0.3, -0.25) is 4.79 Å². The molecule has 0 saturated heterocycles. The lowest BCUT2D eigenvalue weighted by Crippen LogP contribution is -2.36. The number of nitrogens with zero attached hydrogens (tertiary/aromatic N) is 1. The van der Waals surface area contributed by atoms with Crippen LogP contribution in [0.2, 0.25) is 0 Å². The van der Waals surface area contributed by atoms with E-state index in [1.807, 2.05) is 13.8 Å². The van der Waals surface area contributed by atoms with Gasteiger partial charge in [-0.1, -0.05) is 6.92 Å². The van der Waals surface area contributed by atoms with Crippen molar-refractivity contribution in [3.63, 3.8) is 0 Å². The normalized spacial score (nSPS) is 11.9. The molecule has 1 aromatic rings. The van der Waals surface area contributed by atoms with Crippen molar-refractivity contribution in [1.82, 2.24) is 4.31 Å². The quantitative estimate of drug-likeness (QED) is 0.791. The average molecular weight is 329 g/mol. The standard InChI is InChI=1S/C15H23NO5S/c1-5-8-16(10-15(17)18)22(19,20)13-6-7-14(12(4)9-13)21-11(2)3/h6-7,9,11H,5,8,10H2,1-4H3,(H,17,18). The summed E-state index contributed by atoms with van der Waals surface area (Å²) in [6.45, 7) is 6.96. The molecule has 0 atom stereocenters. The lowest BCUT2D eigenvalue weighted by molar-refractivity contribution is -0.137. The van der Waals surface area contributed by atoms with E-state index in [1.54, 1.807) is 19.9 Å². The van der Waals surface area contributed by atoms with E-state index in [4.69, 9.17) is 9.84 Å². The van der Waals surface area contributed by atoms with Crippen LogP contribution in [0.1, 0.15) is 32.8 Å². The molecule has 0 aromatic heterocycles. The van der Waals surface area contributed by atoms with E-state index in [2.05, 4.69) is 0 Å². The summed E-state index contributed by atoms with van der Waals surface area (Å²) < 4.78 is 31.7. The number of sulfonamides is 1. The van der Waals surface area contributed by atoms with Crippen molar-refractivity contribution in [2.75, 3.05) is 13.1 Å². The number of carboxylic acid groups (broad SMARTS) is 1. The van der Waals surface area contributed by atoms with Gasteiger partial charge in [0, 0.05) is 6.54 Å². The molecule has 124 valence electrons. The number of aliphatic carboxylic acids is 1. The van der Waals surface area contributed by atoms with Crippen LogP contribution in [0, 0.1) is 6.92 Å². The lowest BCUT2D eigenvalue weighted by Gasteiger charge is -2.20. The molecule has 0 spiro atoms. The number of aryl methyl sites for hydroxylation is 1. The zero-order chi connectivity index (χ0) is 16.9. The van der Waals surface area contributed by atoms with Gasteiger partial charge in [-0.15, -0.1) is 0 Å². The number of rotatable bonds is 8. The number of carbonyl (C=O) groups is 1. The molecule has 22 heavy (non-hydrogen) atoms. The van der Waals surface area contributed by atoms with Gasteiger partial charge in [0.1, 0.15) is 12.3 Å². The number of benzene rings is 1. The largest absolute Gasteiger partial charge is 0.491 e. The van der Waals surface area contributed by atoms with Gasteiger partial charge in [0.2, 0.25) is 10.0 Å². The molecule has 0 aliphatic heterocycles. The van der Waals surface area contributed by atoms with E-state index in [1.165, 1.54) is 12.1 Å². The van der Waals surface area contributed by atoms with Crippen LogP contribution in [0.25, 0.3) is 0 Å². The molecule has 0 fully saturated rings. The maximum atomic E-state index is 12.6. The SMILES string of the molecule is CCCN(CC(=O)O)S(=O)(=O)c1ccc(OC(C)C)c(C)c1. The first-order chi connectivity index (χ1) is 10.2. The summed E-state index contributed by atoms with van der Waals surface area (Å²) >= 11 is 0. The summed E-state index contributed by atoms with van der Waals surface area (Å²) in [5.74, 6) is -0.553. The Hall–Kier alpha value is -1.60. The molecule has 0 saturated carbocycles. The molecule has 0 unspecified atom stereocenters. The van der Waals surface area contributed by atoms with Crippen molar-refractivity contribution in [2.45, 2.75) is 45.1 Å². The molecule has 0 bridgehead atoms. The minimum absolute atomic E-state index is 0.00948. The van der Waals surface area contributed by atoms with E-state index in [0.29, 0.717) is 17.7 Å². The third-order valence-electron chi connectivity index (χ3n) is 2.93. The summed E-state index contributed by atoms with van der Waals surface area (Å²) in [6.07, 6.45) is 0.532. The minimum Gasteiger partial charge on any atom is -0.491 e. The van der Waals surface area contributed by atoms with Crippen LogP contribution in [0.3, 0.4) is 0 Å². The fraction of sp³-hybridized carbons (Fsp3) is 0.533.